The second kappa shape index (κ2) is 9.42. The van der Waals surface area contributed by atoms with E-state index in [2.05, 4.69) is 5.32 Å². The van der Waals surface area contributed by atoms with E-state index in [9.17, 15) is 9.90 Å². The van der Waals surface area contributed by atoms with Gasteiger partial charge in [-0.05, 0) is 35.7 Å². The van der Waals surface area contributed by atoms with Crippen LogP contribution in [0.2, 0.25) is 5.02 Å². The van der Waals surface area contributed by atoms with Gasteiger partial charge in [0.1, 0.15) is 0 Å². The molecule has 0 bridgehead atoms. The molecule has 2 aromatic rings. The van der Waals surface area contributed by atoms with Crippen LogP contribution in [0.1, 0.15) is 36.1 Å². The number of rotatable bonds is 8. The Bertz CT molecular complexity index is 658. The van der Waals surface area contributed by atoms with Crippen LogP contribution in [0.5, 0.6) is 0 Å². The van der Waals surface area contributed by atoms with E-state index < -0.39 is 6.10 Å². The van der Waals surface area contributed by atoms with Gasteiger partial charge in [0, 0.05) is 18.2 Å². The summed E-state index contributed by atoms with van der Waals surface area (Å²) in [6.07, 6.45) is -0.837. The highest BCUT2D eigenvalue weighted by atomic mass is 35.5. The molecule has 0 saturated carbocycles. The number of hydrogen-bond acceptors (Lipinski definition) is 3. The van der Waals surface area contributed by atoms with Crippen LogP contribution in [-0.2, 0) is 22.7 Å². The Balaban J connectivity index is 1.88. The highest BCUT2D eigenvalue weighted by Crippen LogP contribution is 2.19. The molecule has 2 rings (SSSR count). The third-order valence-corrected chi connectivity index (χ3v) is 3.94. The molecule has 0 aliphatic rings. The highest BCUT2D eigenvalue weighted by molar-refractivity contribution is 6.30. The fourth-order valence-corrected chi connectivity index (χ4v) is 2.45. The van der Waals surface area contributed by atoms with Crippen LogP contribution in [0.4, 0.5) is 0 Å². The minimum Gasteiger partial charge on any atom is -0.388 e. The van der Waals surface area contributed by atoms with Gasteiger partial charge in [0.2, 0.25) is 5.91 Å². The monoisotopic (exact) mass is 347 g/mol. The van der Waals surface area contributed by atoms with Crippen molar-refractivity contribution in [1.29, 1.82) is 0 Å². The third kappa shape index (κ3) is 5.64. The molecule has 1 unspecified atom stereocenters. The van der Waals surface area contributed by atoms with E-state index in [4.69, 9.17) is 16.3 Å². The predicted molar refractivity (Wildman–Crippen MR) is 94.6 cm³/mol. The molecule has 2 aromatic carbocycles. The number of carbonyl (C=O) groups excluding carboxylic acids is 1. The molecule has 0 spiro atoms. The maximum Gasteiger partial charge on any atom is 0.223 e. The Kier molecular flexibility index (Phi) is 7.25. The summed E-state index contributed by atoms with van der Waals surface area (Å²) in [5, 5.41) is 13.6. The van der Waals surface area contributed by atoms with Crippen molar-refractivity contribution < 1.29 is 14.6 Å². The largest absolute Gasteiger partial charge is 0.388 e. The SMILES string of the molecule is CCOCc1ccccc1CNC(=O)CC(O)c1ccc(Cl)cc1. The van der Waals surface area contributed by atoms with Crippen molar-refractivity contribution in [2.24, 2.45) is 0 Å². The van der Waals surface area contributed by atoms with E-state index in [0.717, 1.165) is 11.1 Å². The average Bonchev–Trinajstić information content (AvgIpc) is 2.59. The van der Waals surface area contributed by atoms with Crippen LogP contribution >= 0.6 is 11.6 Å². The van der Waals surface area contributed by atoms with Crippen LogP contribution < -0.4 is 5.32 Å². The van der Waals surface area contributed by atoms with Gasteiger partial charge in [-0.15, -0.1) is 0 Å². The summed E-state index contributed by atoms with van der Waals surface area (Å²) in [6, 6.07) is 14.7. The fraction of sp³-hybridized carbons (Fsp3) is 0.316. The number of amides is 1. The van der Waals surface area contributed by atoms with Crippen molar-refractivity contribution in [3.05, 3.63) is 70.2 Å². The van der Waals surface area contributed by atoms with Gasteiger partial charge in [0.05, 0.1) is 19.1 Å². The van der Waals surface area contributed by atoms with Gasteiger partial charge < -0.3 is 15.2 Å². The van der Waals surface area contributed by atoms with Gasteiger partial charge in [-0.3, -0.25) is 4.79 Å². The Morgan fingerprint density at radius 2 is 1.83 bits per heavy atom. The molecule has 0 fully saturated rings. The van der Waals surface area contributed by atoms with E-state index in [1.54, 1.807) is 24.3 Å². The second-order valence-corrected chi connectivity index (χ2v) is 5.89. The van der Waals surface area contributed by atoms with Crippen molar-refractivity contribution >= 4 is 17.5 Å². The molecular weight excluding hydrogens is 326 g/mol. The zero-order chi connectivity index (χ0) is 17.4. The average molecular weight is 348 g/mol. The van der Waals surface area contributed by atoms with Crippen LogP contribution in [0.3, 0.4) is 0 Å². The van der Waals surface area contributed by atoms with Gasteiger partial charge in [0.25, 0.3) is 0 Å². The van der Waals surface area contributed by atoms with Crippen LogP contribution in [0, 0.1) is 0 Å². The first kappa shape index (κ1) is 18.5. The topological polar surface area (TPSA) is 58.6 Å². The quantitative estimate of drug-likeness (QED) is 0.766. The summed E-state index contributed by atoms with van der Waals surface area (Å²) >= 11 is 5.82. The number of nitrogens with one attached hydrogen (secondary N) is 1. The molecule has 0 heterocycles. The first-order chi connectivity index (χ1) is 11.6. The first-order valence-corrected chi connectivity index (χ1v) is 8.32. The van der Waals surface area contributed by atoms with Crippen molar-refractivity contribution in [1.82, 2.24) is 5.32 Å². The van der Waals surface area contributed by atoms with Gasteiger partial charge in [-0.1, -0.05) is 48.0 Å². The van der Waals surface area contributed by atoms with Gasteiger partial charge >= 0.3 is 0 Å². The zero-order valence-electron chi connectivity index (χ0n) is 13.7. The Hall–Kier alpha value is -1.88. The Labute approximate surface area is 147 Å². The van der Waals surface area contributed by atoms with Crippen LogP contribution in [-0.4, -0.2) is 17.6 Å². The molecule has 0 saturated heterocycles. The summed E-state index contributed by atoms with van der Waals surface area (Å²) in [4.78, 5) is 12.1. The minimum absolute atomic E-state index is 0.00919. The smallest absolute Gasteiger partial charge is 0.223 e. The van der Waals surface area contributed by atoms with Crippen LogP contribution in [0.25, 0.3) is 0 Å². The molecule has 1 amide bonds. The molecule has 24 heavy (non-hydrogen) atoms. The lowest BCUT2D eigenvalue weighted by Crippen LogP contribution is -2.25. The normalized spacial score (nSPS) is 12.0. The molecule has 0 aliphatic heterocycles. The lowest BCUT2D eigenvalue weighted by molar-refractivity contribution is -0.123. The lowest BCUT2D eigenvalue weighted by atomic mass is 10.1. The number of halogens is 1. The molecular formula is C19H22ClNO3. The predicted octanol–water partition coefficient (Wildman–Crippen LogP) is 3.62. The maximum absolute atomic E-state index is 12.1. The summed E-state index contributed by atoms with van der Waals surface area (Å²) in [6.45, 7) is 3.53. The van der Waals surface area contributed by atoms with Crippen LogP contribution in [0.15, 0.2) is 48.5 Å². The minimum atomic E-state index is -0.846. The molecule has 0 aromatic heterocycles. The molecule has 4 nitrogen and oxygen atoms in total. The van der Waals surface area contributed by atoms with E-state index in [1.807, 2.05) is 31.2 Å². The van der Waals surface area contributed by atoms with Crippen molar-refractivity contribution in [3.8, 4) is 0 Å². The number of hydrogen-bond donors (Lipinski definition) is 2. The highest BCUT2D eigenvalue weighted by Gasteiger charge is 2.13. The van der Waals surface area contributed by atoms with Gasteiger partial charge in [-0.2, -0.15) is 0 Å². The number of carbonyl (C=O) groups is 1. The number of ether oxygens (including phenoxy) is 1. The Morgan fingerprint density at radius 3 is 2.50 bits per heavy atom. The van der Waals surface area contributed by atoms with Gasteiger partial charge in [0.15, 0.2) is 0 Å². The molecule has 5 heteroatoms. The van der Waals surface area contributed by atoms with Crippen molar-refractivity contribution in [3.63, 3.8) is 0 Å². The number of benzene rings is 2. The van der Waals surface area contributed by atoms with E-state index >= 15 is 0 Å². The second-order valence-electron chi connectivity index (χ2n) is 5.45. The van der Waals surface area contributed by atoms with E-state index in [1.165, 1.54) is 0 Å². The summed E-state index contributed by atoms with van der Waals surface area (Å²) in [5.74, 6) is -0.205. The standard InChI is InChI=1S/C19H22ClNO3/c1-2-24-13-16-6-4-3-5-15(16)12-21-19(23)11-18(22)14-7-9-17(20)10-8-14/h3-10,18,22H,2,11-13H2,1H3,(H,21,23). The number of aliphatic hydroxyl groups is 1. The molecule has 128 valence electrons. The zero-order valence-corrected chi connectivity index (χ0v) is 14.4. The third-order valence-electron chi connectivity index (χ3n) is 3.69. The Morgan fingerprint density at radius 1 is 1.17 bits per heavy atom. The molecule has 0 radical (unpaired) electrons. The van der Waals surface area contributed by atoms with E-state index in [-0.39, 0.29) is 12.3 Å². The maximum atomic E-state index is 12.1. The molecule has 0 aliphatic carbocycles. The summed E-state index contributed by atoms with van der Waals surface area (Å²) < 4.78 is 5.44. The summed E-state index contributed by atoms with van der Waals surface area (Å²) in [7, 11) is 0. The molecule has 2 N–H and O–H groups in total. The number of aliphatic hydroxyl groups excluding tert-OH is 1. The fourth-order valence-electron chi connectivity index (χ4n) is 2.33. The summed E-state index contributed by atoms with van der Waals surface area (Å²) in [5.41, 5.74) is 2.74. The molecule has 1 atom stereocenters. The van der Waals surface area contributed by atoms with Crippen molar-refractivity contribution in [2.45, 2.75) is 32.6 Å². The van der Waals surface area contributed by atoms with Crippen molar-refractivity contribution in [2.75, 3.05) is 6.61 Å². The van der Waals surface area contributed by atoms with E-state index in [0.29, 0.717) is 30.3 Å². The lowest BCUT2D eigenvalue weighted by Gasteiger charge is -2.13. The first-order valence-electron chi connectivity index (χ1n) is 7.95. The van der Waals surface area contributed by atoms with Gasteiger partial charge in [-0.25, -0.2) is 0 Å².